The molecular formula is C52H60Cl3F3N16O6S. The molecule has 81 heavy (non-hydrogen) atoms. The predicted octanol–water partition coefficient (Wildman–Crippen LogP) is 10.6. The van der Waals surface area contributed by atoms with Gasteiger partial charge in [-0.25, -0.2) is 57.3 Å². The summed E-state index contributed by atoms with van der Waals surface area (Å²) < 4.78 is 124. The molecule has 0 aliphatic heterocycles. The molecular weight excluding hydrogens is 1140 g/mol. The lowest BCUT2D eigenvalue weighted by Gasteiger charge is -2.14. The van der Waals surface area contributed by atoms with Crippen LogP contribution in [0.4, 0.5) is 13.2 Å². The van der Waals surface area contributed by atoms with Crippen molar-refractivity contribution >= 4 is 48.5 Å². The van der Waals surface area contributed by atoms with E-state index in [0.29, 0.717) is 17.7 Å². The van der Waals surface area contributed by atoms with Crippen LogP contribution in [0, 0.1) is 17.5 Å². The molecule has 9 aromatic rings. The van der Waals surface area contributed by atoms with Gasteiger partial charge in [0.05, 0.1) is 68.4 Å². The molecule has 8 aromatic heterocycles. The second-order valence-corrected chi connectivity index (χ2v) is 19.8. The lowest BCUT2D eigenvalue weighted by atomic mass is 10.1. The van der Waals surface area contributed by atoms with Gasteiger partial charge in [-0.05, 0) is 73.6 Å². The predicted molar refractivity (Wildman–Crippen MR) is 300 cm³/mol. The Hall–Kier alpha value is -7.62. The van der Waals surface area contributed by atoms with Crippen molar-refractivity contribution in [3.8, 4) is 57.1 Å². The molecule has 0 spiro atoms. The molecule has 0 amide bonds. The number of ether oxygens (including phenoxy) is 1. The van der Waals surface area contributed by atoms with Crippen molar-refractivity contribution in [3.63, 3.8) is 0 Å². The number of carbonyl (C=O) groups excluding carboxylic acids is 1. The summed E-state index contributed by atoms with van der Waals surface area (Å²) in [5.41, 5.74) is 0.695. The Balaban J connectivity index is 0.000000251. The molecule has 0 unspecified atom stereocenters. The number of rotatable bonds is 15. The number of phenols is 1. The van der Waals surface area contributed by atoms with Crippen molar-refractivity contribution in [2.45, 2.75) is 112 Å². The second kappa shape index (κ2) is 32.0. The van der Waals surface area contributed by atoms with E-state index in [4.69, 9.17) is 31.5 Å². The zero-order valence-electron chi connectivity index (χ0n) is 51.5. The highest BCUT2D eigenvalue weighted by Crippen LogP contribution is 2.31. The maximum absolute atomic E-state index is 14.4. The quantitative estimate of drug-likeness (QED) is 0.0489. The Morgan fingerprint density at radius 1 is 0.605 bits per heavy atom. The Morgan fingerprint density at radius 3 is 1.40 bits per heavy atom. The highest BCUT2D eigenvalue weighted by atomic mass is 36.0. The molecule has 0 bridgehead atoms. The Bertz CT molecular complexity index is 3720. The number of aromatic nitrogens is 16. The van der Waals surface area contributed by atoms with Crippen LogP contribution < -0.4 is 4.74 Å². The molecule has 0 saturated carbocycles. The number of hydrogen-bond donors (Lipinski definition) is 3. The van der Waals surface area contributed by atoms with Gasteiger partial charge in [-0.15, -0.1) is 11.6 Å². The molecule has 0 atom stereocenters. The van der Waals surface area contributed by atoms with Gasteiger partial charge < -0.3 is 20.1 Å². The van der Waals surface area contributed by atoms with Gasteiger partial charge in [-0.2, -0.15) is 20.4 Å². The Kier molecular flexibility index (Phi) is 21.3. The maximum atomic E-state index is 14.4. The van der Waals surface area contributed by atoms with Crippen LogP contribution in [-0.4, -0.2) is 105 Å². The summed E-state index contributed by atoms with van der Waals surface area (Å²) in [5, 5.41) is 44.8. The summed E-state index contributed by atoms with van der Waals surface area (Å²) in [7, 11) is 7.36. The summed E-state index contributed by atoms with van der Waals surface area (Å²) in [4.78, 5) is 42.2. The summed E-state index contributed by atoms with van der Waals surface area (Å²) in [6, 6.07) is 5.43. The van der Waals surface area contributed by atoms with E-state index < -0.39 is 52.2 Å². The standard InChI is InChI=1S/C18H17FN4O3.C11H12ClFN4.C11H13FN4O.C11H14N4O.CH4.Cl2OS/c1-11(2)23-18(14(19)7-22-23)17-12(6-20-10-21-17)9-26-16-5-3-4-15(25)13(16)8-24;1-7(2)17-11(9(13)5-16-17)10-8(3-12)4-14-6-15-10;1-7(2)16-11(9(12)4-15-16)10-8(5-17)3-13-6-14-10;1-8(2)15-10(3-4-14-15)11-9(6-16)5-12-7-13-11;;1-4(2)3/h3-8,10-11,25H,9H2,1-2H3;4-7H,3H2,1-2H3;3-4,6-7,17H,5H2,1-2H3;3-5,7-8,16H,6H2,1-2H3;1H4;/i9D2;3D2;5D2;6D2;;. The Morgan fingerprint density at radius 2 is 0.988 bits per heavy atom. The van der Waals surface area contributed by atoms with E-state index in [1.165, 1.54) is 69.8 Å². The summed E-state index contributed by atoms with van der Waals surface area (Å²) >= 11 is 5.67. The van der Waals surface area contributed by atoms with Crippen molar-refractivity contribution < 1.29 is 53.2 Å². The minimum absolute atomic E-state index is 0. The largest absolute Gasteiger partial charge is 0.507 e. The van der Waals surface area contributed by atoms with Gasteiger partial charge >= 0.3 is 0 Å². The van der Waals surface area contributed by atoms with E-state index >= 15 is 0 Å². The van der Waals surface area contributed by atoms with Crippen LogP contribution in [0.5, 0.6) is 11.5 Å². The lowest BCUT2D eigenvalue weighted by Crippen LogP contribution is -2.09. The molecule has 0 radical (unpaired) electrons. The molecule has 0 fully saturated rings. The van der Waals surface area contributed by atoms with Crippen LogP contribution in [0.1, 0.15) is 131 Å². The third-order valence-corrected chi connectivity index (χ3v) is 10.6. The first-order valence-electron chi connectivity index (χ1n) is 27.3. The third kappa shape index (κ3) is 17.2. The minimum Gasteiger partial charge on any atom is -0.507 e. The number of alkyl halides is 1. The van der Waals surface area contributed by atoms with Crippen LogP contribution in [0.15, 0.2) is 99.1 Å². The summed E-state index contributed by atoms with van der Waals surface area (Å²) in [5.74, 6) is -4.58. The number of hydrogen-bond acceptors (Lipinski definition) is 18. The fourth-order valence-electron chi connectivity index (χ4n) is 7.02. The van der Waals surface area contributed by atoms with Gasteiger partial charge in [0.1, 0.15) is 71.8 Å². The van der Waals surface area contributed by atoms with Crippen LogP contribution in [-0.2, 0) is 34.7 Å². The van der Waals surface area contributed by atoms with Gasteiger partial charge in [0.15, 0.2) is 23.7 Å². The minimum atomic E-state index is -2.66. The van der Waals surface area contributed by atoms with Crippen molar-refractivity contribution in [1.82, 2.24) is 79.0 Å². The number of nitrogens with zero attached hydrogens (tertiary/aromatic N) is 16. The SMILES string of the molecule is C.O=S(Cl)Cl.[2H]C([2H])(Cl)c1cncnc1-c1c(F)cnn1C(C)C.[2H]C([2H])(O)c1cncnc1-c1c(F)cnn1C(C)C.[2H]C([2H])(O)c1cncnc1-c1ccnn1C(C)C.[2H]C([2H])(Oc1cccc(O)c1C=O)c1cncnc1-c1c(F)cnn1C(C)C. The van der Waals surface area contributed by atoms with E-state index in [1.54, 1.807) is 30.8 Å². The highest BCUT2D eigenvalue weighted by molar-refractivity contribution is 8.26. The summed E-state index contributed by atoms with van der Waals surface area (Å²) in [6.07, 6.45) is 14.8. The number of aromatic hydroxyl groups is 1. The van der Waals surface area contributed by atoms with Crippen molar-refractivity contribution in [1.29, 1.82) is 0 Å². The number of aldehydes is 1. The second-order valence-electron chi connectivity index (χ2n) is 17.0. The first-order chi connectivity index (χ1) is 41.0. The molecule has 22 nitrogen and oxygen atoms in total. The molecule has 29 heteroatoms. The van der Waals surface area contributed by atoms with Crippen molar-refractivity contribution in [3.05, 3.63) is 144 Å². The molecule has 3 N–H and O–H groups in total. The smallest absolute Gasteiger partial charge is 0.211 e. The van der Waals surface area contributed by atoms with E-state index in [-0.39, 0.29) is 105 Å². The highest BCUT2D eigenvalue weighted by Gasteiger charge is 2.23. The molecule has 0 saturated heterocycles. The van der Waals surface area contributed by atoms with Gasteiger partial charge in [-0.3, -0.25) is 23.5 Å². The lowest BCUT2D eigenvalue weighted by molar-refractivity contribution is 0.111. The van der Waals surface area contributed by atoms with Gasteiger partial charge in [-0.1, -0.05) is 13.5 Å². The molecule has 1 aromatic carbocycles. The zero-order valence-corrected chi connectivity index (χ0v) is 46.6. The number of benzene rings is 1. The molecule has 432 valence electrons. The third-order valence-electron chi connectivity index (χ3n) is 10.4. The number of halogens is 6. The van der Waals surface area contributed by atoms with E-state index in [9.17, 15) is 33.3 Å². The number of aliphatic hydroxyl groups is 2. The topological polar surface area (TPSA) is 278 Å². The number of carbonyl (C=O) groups is 1. The van der Waals surface area contributed by atoms with Crippen LogP contribution in [0.2, 0.25) is 0 Å². The van der Waals surface area contributed by atoms with Gasteiger partial charge in [0, 0.05) is 102 Å². The molecule has 0 aliphatic rings. The molecule has 0 aliphatic carbocycles. The fraction of sp³-hybridized carbons (Fsp3) is 0.327. The fourth-order valence-corrected chi connectivity index (χ4v) is 7.16. The van der Waals surface area contributed by atoms with Crippen molar-refractivity contribution in [2.24, 2.45) is 0 Å². The normalized spacial score (nSPS) is 13.0. The van der Waals surface area contributed by atoms with Crippen molar-refractivity contribution in [2.75, 3.05) is 0 Å². The molecule has 8 heterocycles. The van der Waals surface area contributed by atoms with Gasteiger partial charge in [0.25, 0.3) is 0 Å². The van der Waals surface area contributed by atoms with Crippen LogP contribution >= 0.6 is 33.0 Å². The summed E-state index contributed by atoms with van der Waals surface area (Å²) in [6.45, 7) is 7.14. The molecule has 9 rings (SSSR count). The van der Waals surface area contributed by atoms with Gasteiger partial charge in [0.2, 0.25) is 9.23 Å². The Labute approximate surface area is 492 Å². The number of phenolic OH excluding ortho intramolecular Hbond substituents is 1. The average Bonchev–Trinajstić information content (AvgIpc) is 1.84. The zero-order chi connectivity index (χ0) is 65.8. The van der Waals surface area contributed by atoms with Crippen LogP contribution in [0.25, 0.3) is 45.6 Å². The van der Waals surface area contributed by atoms with E-state index in [0.717, 1.165) is 31.1 Å². The maximum Gasteiger partial charge on any atom is 0.211 e. The average molecular weight is 1210 g/mol. The first kappa shape index (κ1) is 54.0. The van der Waals surface area contributed by atoms with Crippen LogP contribution in [0.3, 0.4) is 0 Å². The monoisotopic (exact) mass is 1210 g/mol. The van der Waals surface area contributed by atoms with E-state index in [2.05, 4.69) is 81.6 Å². The van der Waals surface area contributed by atoms with E-state index in [1.807, 2.05) is 41.5 Å². The first-order valence-corrected chi connectivity index (χ1v) is 26.5.